The zero-order valence-corrected chi connectivity index (χ0v) is 24.8. The maximum atomic E-state index is 13.9. The second-order valence-corrected chi connectivity index (χ2v) is 12.8. The lowest BCUT2D eigenvalue weighted by Crippen LogP contribution is -2.88. The van der Waals surface area contributed by atoms with Crippen molar-refractivity contribution in [1.29, 1.82) is 0 Å². The SMILES string of the molecule is CN1NN=C(CNC(=O)c2ccc(CN3C(=O)C(c4cc(Cl)cc(Cl)c4)=[NH+]C34CCC(C(C)(C)C)CC4)cc2)N1. The third-order valence-electron chi connectivity index (χ3n) is 8.13. The van der Waals surface area contributed by atoms with Crippen molar-refractivity contribution >= 4 is 46.6 Å². The molecule has 1 fully saturated rings. The maximum Gasteiger partial charge on any atom is 0.324 e. The number of nitrogens with zero attached hydrogens (tertiary/aromatic N) is 3. The van der Waals surface area contributed by atoms with E-state index >= 15 is 0 Å². The number of amides is 2. The quantitative estimate of drug-likeness (QED) is 0.418. The summed E-state index contributed by atoms with van der Waals surface area (Å²) in [4.78, 5) is 32.2. The number of halogens is 2. The zero-order chi connectivity index (χ0) is 28.7. The van der Waals surface area contributed by atoms with Gasteiger partial charge in [-0.15, -0.1) is 10.2 Å². The Hall–Kier alpha value is -3.14. The van der Waals surface area contributed by atoms with E-state index in [-0.39, 0.29) is 23.8 Å². The average Bonchev–Trinajstić information content (AvgIpc) is 3.43. The van der Waals surface area contributed by atoms with Gasteiger partial charge in [-0.2, -0.15) is 0 Å². The number of carbonyl (C=O) groups is 2. The van der Waals surface area contributed by atoms with Crippen LogP contribution in [0.5, 0.6) is 0 Å². The molecule has 1 saturated carbocycles. The van der Waals surface area contributed by atoms with Crippen molar-refractivity contribution < 1.29 is 14.6 Å². The van der Waals surface area contributed by atoms with E-state index < -0.39 is 5.66 Å². The first kappa shape index (κ1) is 28.4. The fraction of sp³-hybridized carbons (Fsp3) is 0.448. The average molecular weight is 586 g/mol. The van der Waals surface area contributed by atoms with E-state index in [1.54, 1.807) is 42.5 Å². The minimum atomic E-state index is -0.491. The molecule has 9 nitrogen and oxygen atoms in total. The fourth-order valence-electron chi connectivity index (χ4n) is 5.82. The summed E-state index contributed by atoms with van der Waals surface area (Å²) in [5.41, 5.74) is 8.14. The molecule has 1 spiro atoms. The molecule has 0 saturated heterocycles. The van der Waals surface area contributed by atoms with Crippen molar-refractivity contribution in [3.63, 3.8) is 0 Å². The lowest BCUT2D eigenvalue weighted by molar-refractivity contribution is -0.579. The van der Waals surface area contributed by atoms with Crippen LogP contribution < -0.4 is 21.3 Å². The highest BCUT2D eigenvalue weighted by Gasteiger charge is 2.55. The number of nitrogens with one attached hydrogen (secondary N) is 4. The van der Waals surface area contributed by atoms with Gasteiger partial charge < -0.3 is 5.32 Å². The first-order valence-electron chi connectivity index (χ1n) is 13.6. The van der Waals surface area contributed by atoms with Gasteiger partial charge >= 0.3 is 5.91 Å². The predicted octanol–water partition coefficient (Wildman–Crippen LogP) is 2.84. The van der Waals surface area contributed by atoms with E-state index in [1.165, 1.54) is 0 Å². The number of rotatable bonds is 6. The van der Waals surface area contributed by atoms with E-state index in [1.807, 2.05) is 17.0 Å². The Labute approximate surface area is 244 Å². The van der Waals surface area contributed by atoms with Crippen molar-refractivity contribution in [3.05, 3.63) is 69.2 Å². The Balaban J connectivity index is 1.35. The van der Waals surface area contributed by atoms with Crippen molar-refractivity contribution in [1.82, 2.24) is 26.3 Å². The van der Waals surface area contributed by atoms with E-state index in [9.17, 15) is 9.59 Å². The number of hydrazine groups is 2. The molecule has 40 heavy (non-hydrogen) atoms. The van der Waals surface area contributed by atoms with Crippen LogP contribution in [0.2, 0.25) is 10.0 Å². The lowest BCUT2D eigenvalue weighted by Gasteiger charge is -2.41. The zero-order valence-electron chi connectivity index (χ0n) is 23.3. The summed E-state index contributed by atoms with van der Waals surface area (Å²) in [5.74, 6) is 0.931. The predicted molar refractivity (Wildman–Crippen MR) is 156 cm³/mol. The van der Waals surface area contributed by atoms with Crippen LogP contribution in [0, 0.1) is 11.3 Å². The molecular formula is C29H36Cl2N7O2+. The lowest BCUT2D eigenvalue weighted by atomic mass is 9.69. The molecule has 3 aliphatic rings. The van der Waals surface area contributed by atoms with Crippen LogP contribution >= 0.6 is 23.2 Å². The molecule has 2 heterocycles. The van der Waals surface area contributed by atoms with Gasteiger partial charge in [0, 0.05) is 35.5 Å². The highest BCUT2D eigenvalue weighted by Crippen LogP contribution is 2.42. The van der Waals surface area contributed by atoms with Crippen molar-refractivity contribution in [2.75, 3.05) is 13.6 Å². The van der Waals surface area contributed by atoms with Gasteiger partial charge in [-0.25, -0.2) is 10.5 Å². The second-order valence-electron chi connectivity index (χ2n) is 11.9. The molecule has 0 atom stereocenters. The van der Waals surface area contributed by atoms with Gasteiger partial charge in [0.2, 0.25) is 5.66 Å². The highest BCUT2D eigenvalue weighted by molar-refractivity contribution is 6.45. The van der Waals surface area contributed by atoms with Gasteiger partial charge in [0.15, 0.2) is 5.84 Å². The molecule has 0 bridgehead atoms. The molecule has 2 amide bonds. The van der Waals surface area contributed by atoms with Gasteiger partial charge in [0.05, 0.1) is 18.7 Å². The van der Waals surface area contributed by atoms with Gasteiger partial charge in [-0.3, -0.25) is 19.9 Å². The maximum absolute atomic E-state index is 13.9. The Morgan fingerprint density at radius 2 is 1.77 bits per heavy atom. The monoisotopic (exact) mass is 584 g/mol. The Kier molecular flexibility index (Phi) is 7.83. The Bertz CT molecular complexity index is 1340. The molecule has 5 rings (SSSR count). The molecule has 212 valence electrons. The minimum Gasteiger partial charge on any atom is -0.345 e. The first-order valence-corrected chi connectivity index (χ1v) is 14.3. The molecule has 0 unspecified atom stereocenters. The number of amidine groups is 1. The minimum absolute atomic E-state index is 0.0715. The van der Waals surface area contributed by atoms with E-state index in [0.29, 0.717) is 45.2 Å². The van der Waals surface area contributed by atoms with Crippen LogP contribution in [0.3, 0.4) is 0 Å². The smallest absolute Gasteiger partial charge is 0.324 e. The molecule has 0 radical (unpaired) electrons. The molecular weight excluding hydrogens is 549 g/mol. The summed E-state index contributed by atoms with van der Waals surface area (Å²) in [6, 6.07) is 12.6. The van der Waals surface area contributed by atoms with Crippen LogP contribution in [-0.4, -0.2) is 52.6 Å². The van der Waals surface area contributed by atoms with Crippen molar-refractivity contribution in [3.8, 4) is 0 Å². The molecule has 1 aliphatic carbocycles. The molecule has 0 aromatic heterocycles. The standard InChI is InChI=1S/C29H35Cl2N7O2/c1-28(2,3)21-9-11-29(12-10-21)33-25(20-13-22(30)15-23(31)14-20)27(40)38(29)17-18-5-7-19(8-6-18)26(39)32-16-24-34-36-37(4)35-24/h5-8,13-15,21,36H,9-12,16-17H2,1-4H3,(H,32,39)(H,34,35)/p+1. The van der Waals surface area contributed by atoms with E-state index in [0.717, 1.165) is 31.2 Å². The number of hydrazone groups is 1. The molecule has 2 aliphatic heterocycles. The van der Waals surface area contributed by atoms with Crippen LogP contribution in [0.25, 0.3) is 0 Å². The van der Waals surface area contributed by atoms with Crippen LogP contribution in [0.4, 0.5) is 0 Å². The topological polar surface area (TPSA) is 103 Å². The number of benzene rings is 2. The summed E-state index contributed by atoms with van der Waals surface area (Å²) < 4.78 is 0. The molecule has 11 heteroatoms. The normalized spacial score (nSPS) is 23.1. The van der Waals surface area contributed by atoms with Gasteiger partial charge in [-0.05, 0) is 60.1 Å². The number of hydrogen-bond acceptors (Lipinski definition) is 6. The highest BCUT2D eigenvalue weighted by atomic mass is 35.5. The van der Waals surface area contributed by atoms with Gasteiger partial charge in [-0.1, -0.05) is 56.1 Å². The largest absolute Gasteiger partial charge is 0.345 e. The Morgan fingerprint density at radius 1 is 1.12 bits per heavy atom. The van der Waals surface area contributed by atoms with Crippen LogP contribution in [-0.2, 0) is 11.3 Å². The third kappa shape index (κ3) is 5.96. The van der Waals surface area contributed by atoms with Crippen LogP contribution in [0.1, 0.15) is 67.9 Å². The van der Waals surface area contributed by atoms with E-state index in [2.05, 4.69) is 47.1 Å². The van der Waals surface area contributed by atoms with Crippen molar-refractivity contribution in [2.45, 2.75) is 58.7 Å². The number of carbonyl (C=O) groups excluding carboxylic acids is 2. The summed E-state index contributed by atoms with van der Waals surface area (Å²) >= 11 is 12.6. The summed E-state index contributed by atoms with van der Waals surface area (Å²) in [6.45, 7) is 7.56. The summed E-state index contributed by atoms with van der Waals surface area (Å²) in [6.07, 6.45) is 3.74. The first-order chi connectivity index (χ1) is 18.9. The number of hydrogen-bond donors (Lipinski definition) is 4. The molecule has 2 aromatic rings. The molecule has 2 aromatic carbocycles. The summed E-state index contributed by atoms with van der Waals surface area (Å²) in [7, 11) is 1.78. The Morgan fingerprint density at radius 3 is 2.35 bits per heavy atom. The van der Waals surface area contributed by atoms with E-state index in [4.69, 9.17) is 23.2 Å². The third-order valence-corrected chi connectivity index (χ3v) is 8.56. The van der Waals surface area contributed by atoms with Gasteiger partial charge in [0.1, 0.15) is 0 Å². The van der Waals surface area contributed by atoms with Crippen molar-refractivity contribution in [2.24, 2.45) is 16.4 Å². The van der Waals surface area contributed by atoms with Crippen LogP contribution in [0.15, 0.2) is 47.6 Å². The van der Waals surface area contributed by atoms with Gasteiger partial charge in [0.25, 0.3) is 11.6 Å². The molecule has 4 N–H and O–H groups in total. The fourth-order valence-corrected chi connectivity index (χ4v) is 6.35. The second kappa shape index (κ2) is 11.0. The summed E-state index contributed by atoms with van der Waals surface area (Å²) in [5, 5.41) is 9.49.